The number of hydrogen-bond donors (Lipinski definition) is 0. The van der Waals surface area contributed by atoms with Gasteiger partial charge >= 0.3 is 0 Å². The summed E-state index contributed by atoms with van der Waals surface area (Å²) >= 11 is 0. The van der Waals surface area contributed by atoms with E-state index in [9.17, 15) is 0 Å². The van der Waals surface area contributed by atoms with Crippen LogP contribution >= 0.6 is 17.0 Å². The lowest BCUT2D eigenvalue weighted by Crippen LogP contribution is -2.52. The van der Waals surface area contributed by atoms with Crippen molar-refractivity contribution < 1.29 is 0 Å². The Bertz CT molecular complexity index is 531. The summed E-state index contributed by atoms with van der Waals surface area (Å²) in [5.41, 5.74) is 2.79. The molecule has 2 aliphatic rings. The summed E-state index contributed by atoms with van der Waals surface area (Å²) < 4.78 is 0. The van der Waals surface area contributed by atoms with Crippen LogP contribution in [0.15, 0.2) is 30.3 Å². The van der Waals surface area contributed by atoms with E-state index in [1.807, 2.05) is 18.2 Å². The number of nitrogens with zero attached hydrogens (tertiary/aromatic N) is 2. The Kier molecular flexibility index (Phi) is 8.38. The van der Waals surface area contributed by atoms with Crippen LogP contribution in [0.2, 0.25) is 0 Å². The van der Waals surface area contributed by atoms with Gasteiger partial charge in [-0.25, -0.2) is 0 Å². The normalized spacial score (nSPS) is 29.3. The van der Waals surface area contributed by atoms with Crippen molar-refractivity contribution in [3.8, 4) is 0 Å². The van der Waals surface area contributed by atoms with Gasteiger partial charge in [0.1, 0.15) is 0 Å². The maximum absolute atomic E-state index is 2.77. The first-order valence-electron chi connectivity index (χ1n) is 10.1. The second kappa shape index (κ2) is 9.21. The fourth-order valence-corrected chi connectivity index (χ4v) is 4.72. The molecule has 1 heterocycles. The van der Waals surface area contributed by atoms with E-state index in [2.05, 4.69) is 70.4 Å². The lowest BCUT2D eigenvalue weighted by Gasteiger charge is -2.41. The van der Waals surface area contributed by atoms with Crippen molar-refractivity contribution in [1.29, 1.82) is 0 Å². The number of hydrogen-bond acceptors (Lipinski definition) is 2. The number of aryl methyl sites for hydroxylation is 1. The molecule has 1 aliphatic carbocycles. The molecule has 0 bridgehead atoms. The second-order valence-corrected chi connectivity index (χ2v) is 9.82. The Balaban J connectivity index is 0.000000357. The molecule has 3 rings (SSSR count). The van der Waals surface area contributed by atoms with Crippen LogP contribution in [0.25, 0.3) is 0 Å². The minimum atomic E-state index is 0. The zero-order valence-corrected chi connectivity index (χ0v) is 19.9. The van der Waals surface area contributed by atoms with Gasteiger partial charge in [-0.05, 0) is 44.1 Å². The Labute approximate surface area is 173 Å². The topological polar surface area (TPSA) is 6.48 Å². The minimum absolute atomic E-state index is 0. The quantitative estimate of drug-likeness (QED) is 0.604. The standard InChI is InChI=1S/C16H32N2.C7H8.BrH/c1-7-17-8-10-18(11-9-17)16(6)13-15(16,5)12-14(2,3)4;1-7-5-3-2-4-6-7;/h7-13H2,1-6H3;2-6H,1H3;1H. The number of likely N-dealkylation sites (N-methyl/N-ethyl adjacent to an activating group) is 1. The highest BCUT2D eigenvalue weighted by Crippen LogP contribution is 2.64. The third-order valence-corrected chi connectivity index (χ3v) is 6.29. The monoisotopic (exact) mass is 424 g/mol. The van der Waals surface area contributed by atoms with E-state index < -0.39 is 0 Å². The molecule has 2 unspecified atom stereocenters. The molecule has 0 amide bonds. The van der Waals surface area contributed by atoms with Gasteiger partial charge in [0, 0.05) is 31.7 Å². The van der Waals surface area contributed by atoms with Crippen molar-refractivity contribution in [3.05, 3.63) is 35.9 Å². The molecule has 1 saturated heterocycles. The smallest absolute Gasteiger partial charge is 0.0242 e. The summed E-state index contributed by atoms with van der Waals surface area (Å²) in [6.45, 7) is 22.8. The molecule has 2 fully saturated rings. The first-order chi connectivity index (χ1) is 11.6. The predicted molar refractivity (Wildman–Crippen MR) is 120 cm³/mol. The van der Waals surface area contributed by atoms with E-state index >= 15 is 0 Å². The van der Waals surface area contributed by atoms with Gasteiger partial charge in [-0.1, -0.05) is 70.5 Å². The predicted octanol–water partition coefficient (Wildman–Crippen LogP) is 5.80. The lowest BCUT2D eigenvalue weighted by atomic mass is 9.81. The molecular weight excluding hydrogens is 384 g/mol. The molecule has 1 aliphatic heterocycles. The summed E-state index contributed by atoms with van der Waals surface area (Å²) in [5, 5.41) is 0. The molecule has 0 spiro atoms. The molecule has 2 atom stereocenters. The third kappa shape index (κ3) is 6.07. The molecule has 1 aromatic rings. The average Bonchev–Trinajstić information content (AvgIpc) is 3.08. The highest BCUT2D eigenvalue weighted by molar-refractivity contribution is 8.93. The van der Waals surface area contributed by atoms with E-state index in [0.29, 0.717) is 16.4 Å². The van der Waals surface area contributed by atoms with Crippen LogP contribution in [-0.2, 0) is 0 Å². The van der Waals surface area contributed by atoms with E-state index in [0.717, 1.165) is 0 Å². The zero-order valence-electron chi connectivity index (χ0n) is 18.1. The zero-order chi connectivity index (χ0) is 18.7. The molecule has 0 radical (unpaired) electrons. The summed E-state index contributed by atoms with van der Waals surface area (Å²) in [6.07, 6.45) is 2.74. The number of rotatable bonds is 3. The van der Waals surface area contributed by atoms with Crippen LogP contribution in [0.5, 0.6) is 0 Å². The van der Waals surface area contributed by atoms with Gasteiger partial charge in [0.2, 0.25) is 0 Å². The maximum Gasteiger partial charge on any atom is 0.0242 e. The molecule has 150 valence electrons. The van der Waals surface area contributed by atoms with Crippen molar-refractivity contribution in [1.82, 2.24) is 9.80 Å². The van der Waals surface area contributed by atoms with Crippen molar-refractivity contribution >= 4 is 17.0 Å². The van der Waals surface area contributed by atoms with Crippen LogP contribution in [0, 0.1) is 17.8 Å². The van der Waals surface area contributed by atoms with E-state index in [1.54, 1.807) is 0 Å². The Morgan fingerprint density at radius 2 is 1.50 bits per heavy atom. The van der Waals surface area contributed by atoms with Crippen LogP contribution in [0.4, 0.5) is 0 Å². The van der Waals surface area contributed by atoms with Gasteiger partial charge in [-0.2, -0.15) is 0 Å². The number of halogens is 1. The molecule has 0 aromatic heterocycles. The van der Waals surface area contributed by atoms with Crippen LogP contribution < -0.4 is 0 Å². The first-order valence-corrected chi connectivity index (χ1v) is 10.1. The summed E-state index contributed by atoms with van der Waals surface area (Å²) in [4.78, 5) is 5.34. The van der Waals surface area contributed by atoms with Gasteiger partial charge in [-0.3, -0.25) is 4.90 Å². The SMILES string of the molecule is Br.CCN1CCN(C2(C)CC2(C)CC(C)(C)C)CC1.Cc1ccccc1. The largest absolute Gasteiger partial charge is 0.301 e. The van der Waals surface area contributed by atoms with Crippen LogP contribution in [-0.4, -0.2) is 48.1 Å². The Hall–Kier alpha value is -0.380. The van der Waals surface area contributed by atoms with Gasteiger partial charge in [-0.15, -0.1) is 17.0 Å². The number of benzene rings is 1. The van der Waals surface area contributed by atoms with Crippen LogP contribution in [0.3, 0.4) is 0 Å². The van der Waals surface area contributed by atoms with Crippen molar-refractivity contribution in [2.45, 2.75) is 66.8 Å². The highest BCUT2D eigenvalue weighted by atomic mass is 79.9. The van der Waals surface area contributed by atoms with E-state index in [4.69, 9.17) is 0 Å². The molecule has 2 nitrogen and oxygen atoms in total. The number of piperazine rings is 1. The Morgan fingerprint density at radius 3 is 1.88 bits per heavy atom. The fraction of sp³-hybridized carbons (Fsp3) is 0.739. The summed E-state index contributed by atoms with van der Waals surface area (Å²) in [6, 6.07) is 10.3. The maximum atomic E-state index is 2.77. The van der Waals surface area contributed by atoms with Crippen LogP contribution in [0.1, 0.15) is 59.9 Å². The van der Waals surface area contributed by atoms with Crippen molar-refractivity contribution in [3.63, 3.8) is 0 Å². The summed E-state index contributed by atoms with van der Waals surface area (Å²) in [5.74, 6) is 0. The van der Waals surface area contributed by atoms with Crippen molar-refractivity contribution in [2.24, 2.45) is 10.8 Å². The van der Waals surface area contributed by atoms with Gasteiger partial charge in [0.15, 0.2) is 0 Å². The second-order valence-electron chi connectivity index (χ2n) is 9.82. The highest BCUT2D eigenvalue weighted by Gasteiger charge is 2.64. The summed E-state index contributed by atoms with van der Waals surface area (Å²) in [7, 11) is 0. The minimum Gasteiger partial charge on any atom is -0.301 e. The van der Waals surface area contributed by atoms with E-state index in [1.165, 1.54) is 51.1 Å². The third-order valence-electron chi connectivity index (χ3n) is 6.29. The van der Waals surface area contributed by atoms with Crippen molar-refractivity contribution in [2.75, 3.05) is 32.7 Å². The van der Waals surface area contributed by atoms with Gasteiger partial charge in [0.05, 0.1) is 0 Å². The lowest BCUT2D eigenvalue weighted by molar-refractivity contribution is 0.0683. The molecule has 1 saturated carbocycles. The molecule has 3 heteroatoms. The Morgan fingerprint density at radius 1 is 0.962 bits per heavy atom. The van der Waals surface area contributed by atoms with Gasteiger partial charge < -0.3 is 4.90 Å². The fourth-order valence-electron chi connectivity index (χ4n) is 4.72. The molecule has 0 N–H and O–H groups in total. The van der Waals surface area contributed by atoms with E-state index in [-0.39, 0.29) is 17.0 Å². The molecule has 26 heavy (non-hydrogen) atoms. The van der Waals surface area contributed by atoms with Gasteiger partial charge in [0.25, 0.3) is 0 Å². The average molecular weight is 425 g/mol. The molecule has 1 aromatic carbocycles. The first kappa shape index (κ1) is 23.7. The molecular formula is C23H41BrN2.